The van der Waals surface area contributed by atoms with Gasteiger partial charge in [0.15, 0.2) is 0 Å². The second kappa shape index (κ2) is 6.30. The van der Waals surface area contributed by atoms with Gasteiger partial charge >= 0.3 is 6.03 Å². The second-order valence-corrected chi connectivity index (χ2v) is 6.20. The van der Waals surface area contributed by atoms with Crippen LogP contribution in [0.5, 0.6) is 0 Å². The van der Waals surface area contributed by atoms with Crippen molar-refractivity contribution in [1.82, 2.24) is 9.80 Å². The molecule has 0 spiro atoms. The van der Waals surface area contributed by atoms with Crippen molar-refractivity contribution in [1.29, 1.82) is 0 Å². The molecule has 1 heterocycles. The van der Waals surface area contributed by atoms with Crippen LogP contribution < -0.4 is 0 Å². The van der Waals surface area contributed by atoms with Gasteiger partial charge < -0.3 is 0 Å². The van der Waals surface area contributed by atoms with Gasteiger partial charge in [0.25, 0.3) is 0 Å². The van der Waals surface area contributed by atoms with Crippen molar-refractivity contribution in [2.45, 2.75) is 34.2 Å². The van der Waals surface area contributed by atoms with Gasteiger partial charge in [-0.15, -0.1) is 0 Å². The van der Waals surface area contributed by atoms with Gasteiger partial charge in [-0.2, -0.15) is 0 Å². The minimum Gasteiger partial charge on any atom is -0.274 e. The fraction of sp³-hybridized carbons (Fsp3) is 0.471. The Bertz CT molecular complexity index is 592. The number of aryl methyl sites for hydroxylation is 1. The molecule has 1 unspecified atom stereocenters. The molecule has 118 valence electrons. The van der Waals surface area contributed by atoms with Crippen LogP contribution in [0.15, 0.2) is 24.3 Å². The van der Waals surface area contributed by atoms with Crippen molar-refractivity contribution in [3.05, 3.63) is 35.4 Å². The first-order chi connectivity index (χ1) is 10.3. The Morgan fingerprint density at radius 1 is 1.23 bits per heavy atom. The number of carbonyl (C=O) groups is 3. The Hall–Kier alpha value is -2.17. The van der Waals surface area contributed by atoms with Gasteiger partial charge in [0.05, 0.1) is 12.5 Å². The van der Waals surface area contributed by atoms with Gasteiger partial charge in [-0.3, -0.25) is 19.4 Å². The molecule has 1 aromatic carbocycles. The van der Waals surface area contributed by atoms with Gasteiger partial charge in [-0.25, -0.2) is 4.79 Å². The molecule has 0 radical (unpaired) electrons. The summed E-state index contributed by atoms with van der Waals surface area (Å²) in [6.07, 6.45) is 0. The molecule has 0 saturated carbocycles. The van der Waals surface area contributed by atoms with Crippen molar-refractivity contribution in [3.8, 4) is 0 Å². The lowest BCUT2D eigenvalue weighted by molar-refractivity contribution is -0.142. The number of urea groups is 1. The predicted molar refractivity (Wildman–Crippen MR) is 82.8 cm³/mol. The topological polar surface area (TPSA) is 57.7 Å². The van der Waals surface area contributed by atoms with E-state index in [1.165, 1.54) is 9.80 Å². The standard InChI is InChI=1S/C17H22N2O3/c1-11(2)15(20)18-9-13(4)16(21)19(17(18)22)10-14-7-5-12(3)6-8-14/h5-8,11,13H,9-10H2,1-4H3. The van der Waals surface area contributed by atoms with Crippen LogP contribution >= 0.6 is 0 Å². The summed E-state index contributed by atoms with van der Waals surface area (Å²) in [5, 5.41) is 0. The Morgan fingerprint density at radius 3 is 2.36 bits per heavy atom. The van der Waals surface area contributed by atoms with Crippen LogP contribution in [0.4, 0.5) is 4.79 Å². The number of benzene rings is 1. The fourth-order valence-electron chi connectivity index (χ4n) is 2.45. The maximum absolute atomic E-state index is 12.5. The van der Waals surface area contributed by atoms with Gasteiger partial charge in [0.2, 0.25) is 11.8 Å². The van der Waals surface area contributed by atoms with Gasteiger partial charge in [-0.05, 0) is 12.5 Å². The van der Waals surface area contributed by atoms with Crippen molar-refractivity contribution in [2.24, 2.45) is 11.8 Å². The monoisotopic (exact) mass is 302 g/mol. The predicted octanol–water partition coefficient (Wildman–Crippen LogP) is 2.58. The summed E-state index contributed by atoms with van der Waals surface area (Å²) in [4.78, 5) is 39.4. The van der Waals surface area contributed by atoms with E-state index in [1.54, 1.807) is 20.8 Å². The minimum atomic E-state index is -0.512. The lowest BCUT2D eigenvalue weighted by Gasteiger charge is -2.37. The molecule has 1 aliphatic heterocycles. The summed E-state index contributed by atoms with van der Waals surface area (Å²) in [6.45, 7) is 7.59. The average molecular weight is 302 g/mol. The first kappa shape index (κ1) is 16.2. The quantitative estimate of drug-likeness (QED) is 0.862. The number of rotatable bonds is 3. The zero-order valence-corrected chi connectivity index (χ0v) is 13.5. The maximum atomic E-state index is 12.5. The Labute approximate surface area is 130 Å². The fourth-order valence-corrected chi connectivity index (χ4v) is 2.45. The lowest BCUT2D eigenvalue weighted by atomic mass is 10.0. The second-order valence-electron chi connectivity index (χ2n) is 6.20. The highest BCUT2D eigenvalue weighted by Crippen LogP contribution is 2.20. The normalized spacial score (nSPS) is 19.0. The van der Waals surface area contributed by atoms with E-state index >= 15 is 0 Å². The van der Waals surface area contributed by atoms with E-state index in [-0.39, 0.29) is 36.7 Å². The van der Waals surface area contributed by atoms with E-state index in [4.69, 9.17) is 0 Å². The summed E-state index contributed by atoms with van der Waals surface area (Å²) in [5.41, 5.74) is 1.99. The molecule has 0 aromatic heterocycles. The molecule has 1 saturated heterocycles. The molecule has 1 aromatic rings. The molecular weight excluding hydrogens is 280 g/mol. The first-order valence-electron chi connectivity index (χ1n) is 7.53. The number of hydrogen-bond donors (Lipinski definition) is 0. The molecule has 1 fully saturated rings. The van der Waals surface area contributed by atoms with E-state index in [9.17, 15) is 14.4 Å². The van der Waals surface area contributed by atoms with Crippen molar-refractivity contribution in [3.63, 3.8) is 0 Å². The summed E-state index contributed by atoms with van der Waals surface area (Å²) in [7, 11) is 0. The van der Waals surface area contributed by atoms with E-state index in [0.29, 0.717) is 0 Å². The molecule has 5 heteroatoms. The van der Waals surface area contributed by atoms with Crippen LogP contribution in [0.3, 0.4) is 0 Å². The summed E-state index contributed by atoms with van der Waals surface area (Å²) >= 11 is 0. The molecular formula is C17H22N2O3. The third kappa shape index (κ3) is 3.18. The molecule has 5 nitrogen and oxygen atoms in total. The smallest absolute Gasteiger partial charge is 0.274 e. The molecule has 1 atom stereocenters. The highest BCUT2D eigenvalue weighted by atomic mass is 16.2. The molecule has 0 N–H and O–H groups in total. The first-order valence-corrected chi connectivity index (χ1v) is 7.53. The van der Waals surface area contributed by atoms with Crippen molar-refractivity contribution < 1.29 is 14.4 Å². The Kier molecular flexibility index (Phi) is 4.64. The highest BCUT2D eigenvalue weighted by molar-refractivity contribution is 6.05. The number of amides is 4. The van der Waals surface area contributed by atoms with Gasteiger partial charge in [0, 0.05) is 12.5 Å². The van der Waals surface area contributed by atoms with E-state index in [0.717, 1.165) is 11.1 Å². The Balaban J connectivity index is 2.23. The third-order valence-corrected chi connectivity index (χ3v) is 3.83. The zero-order chi connectivity index (χ0) is 16.4. The minimum absolute atomic E-state index is 0.166. The van der Waals surface area contributed by atoms with Crippen molar-refractivity contribution >= 4 is 17.8 Å². The molecule has 0 bridgehead atoms. The number of imide groups is 2. The average Bonchev–Trinajstić information content (AvgIpc) is 2.48. The van der Waals surface area contributed by atoms with Crippen LogP contribution in [0.1, 0.15) is 31.9 Å². The molecule has 22 heavy (non-hydrogen) atoms. The third-order valence-electron chi connectivity index (χ3n) is 3.83. The zero-order valence-electron chi connectivity index (χ0n) is 13.5. The summed E-state index contributed by atoms with van der Waals surface area (Å²) in [6, 6.07) is 7.15. The van der Waals surface area contributed by atoms with Crippen LogP contribution in [-0.4, -0.2) is 34.2 Å². The lowest BCUT2D eigenvalue weighted by Crippen LogP contribution is -2.58. The SMILES string of the molecule is Cc1ccc(CN2C(=O)C(C)CN(C(=O)C(C)C)C2=O)cc1. The molecule has 2 rings (SSSR count). The number of carbonyl (C=O) groups excluding carboxylic acids is 3. The van der Waals surface area contributed by atoms with Crippen LogP contribution in [-0.2, 0) is 16.1 Å². The van der Waals surface area contributed by atoms with Crippen LogP contribution in [0, 0.1) is 18.8 Å². The molecule has 1 aliphatic rings. The van der Waals surface area contributed by atoms with Gasteiger partial charge in [0.1, 0.15) is 0 Å². The van der Waals surface area contributed by atoms with Gasteiger partial charge in [-0.1, -0.05) is 50.6 Å². The van der Waals surface area contributed by atoms with Crippen LogP contribution in [0.25, 0.3) is 0 Å². The molecule has 0 aliphatic carbocycles. The summed E-state index contributed by atoms with van der Waals surface area (Å²) in [5.74, 6) is -1.10. The highest BCUT2D eigenvalue weighted by Gasteiger charge is 2.40. The van der Waals surface area contributed by atoms with Crippen molar-refractivity contribution in [2.75, 3.05) is 6.54 Å². The maximum Gasteiger partial charge on any atom is 0.333 e. The Morgan fingerprint density at radius 2 is 1.82 bits per heavy atom. The van der Waals surface area contributed by atoms with E-state index in [2.05, 4.69) is 0 Å². The molecule has 4 amide bonds. The van der Waals surface area contributed by atoms with Crippen LogP contribution in [0.2, 0.25) is 0 Å². The van der Waals surface area contributed by atoms with E-state index < -0.39 is 6.03 Å². The number of hydrogen-bond acceptors (Lipinski definition) is 3. The number of nitrogens with zero attached hydrogens (tertiary/aromatic N) is 2. The largest absolute Gasteiger partial charge is 0.333 e. The van der Waals surface area contributed by atoms with E-state index in [1.807, 2.05) is 31.2 Å². The summed E-state index contributed by atoms with van der Waals surface area (Å²) < 4.78 is 0.